The summed E-state index contributed by atoms with van der Waals surface area (Å²) in [6.07, 6.45) is -2.78. The van der Waals surface area contributed by atoms with E-state index in [0.717, 1.165) is 37.7 Å². The molecule has 1 aromatic rings. The second-order valence-electron chi connectivity index (χ2n) is 4.27. The van der Waals surface area contributed by atoms with Crippen molar-refractivity contribution in [2.24, 2.45) is 0 Å². The second-order valence-corrected chi connectivity index (χ2v) is 7.01. The second kappa shape index (κ2) is 6.66. The maximum absolute atomic E-state index is 13.2. The lowest BCUT2D eigenvalue weighted by molar-refractivity contribution is -0.139. The molecule has 2 nitrogen and oxygen atoms in total. The van der Waals surface area contributed by atoms with E-state index in [1.807, 2.05) is 4.90 Å². The average molecular weight is 396 g/mol. The average Bonchev–Trinajstić information content (AvgIpc) is 2.87. The number of thiocarbonyl (C=S) groups is 1. The third kappa shape index (κ3) is 3.88. The molecule has 0 atom stereocenters. The molecule has 116 valence electrons. The van der Waals surface area contributed by atoms with Crippen LogP contribution in [0.5, 0.6) is 0 Å². The summed E-state index contributed by atoms with van der Waals surface area (Å²) >= 11 is 23.1. The van der Waals surface area contributed by atoms with Gasteiger partial charge in [0.1, 0.15) is 15.0 Å². The zero-order chi connectivity index (χ0) is 15.8. The number of likely N-dealkylation sites (tertiary alicyclic amines) is 1. The first-order chi connectivity index (χ1) is 9.71. The lowest BCUT2D eigenvalue weighted by Gasteiger charge is -2.20. The summed E-state index contributed by atoms with van der Waals surface area (Å²) < 4.78 is 39.8. The molecule has 0 unspecified atom stereocenters. The molecular formula is C11H8Cl3F3N2S2. The molecule has 2 heterocycles. The van der Waals surface area contributed by atoms with Crippen molar-refractivity contribution in [3.8, 4) is 0 Å². The van der Waals surface area contributed by atoms with E-state index >= 15 is 0 Å². The molecule has 10 heteroatoms. The SMILES string of the molecule is FC(F)(F)c1c(Cl)nc(Cl)c(Cl)c1SC(=S)N1CCCC1. The Bertz CT molecular complexity index is 575. The van der Waals surface area contributed by atoms with E-state index in [2.05, 4.69) is 4.98 Å². The van der Waals surface area contributed by atoms with Gasteiger partial charge in [-0.15, -0.1) is 0 Å². The summed E-state index contributed by atoms with van der Waals surface area (Å²) in [6, 6.07) is 0. The number of alkyl halides is 3. The van der Waals surface area contributed by atoms with Crippen LogP contribution in [0.3, 0.4) is 0 Å². The van der Waals surface area contributed by atoms with Gasteiger partial charge >= 0.3 is 6.18 Å². The molecule has 0 bridgehead atoms. The fourth-order valence-corrected chi connectivity index (χ4v) is 4.17. The number of hydrogen-bond acceptors (Lipinski definition) is 3. The third-order valence-electron chi connectivity index (χ3n) is 2.85. The fraction of sp³-hybridized carbons (Fsp3) is 0.455. The van der Waals surface area contributed by atoms with Crippen molar-refractivity contribution >= 4 is 63.1 Å². The van der Waals surface area contributed by atoms with Crippen molar-refractivity contribution in [2.75, 3.05) is 13.1 Å². The minimum absolute atomic E-state index is 0.276. The molecule has 1 saturated heterocycles. The number of aromatic nitrogens is 1. The van der Waals surface area contributed by atoms with Gasteiger partial charge in [0.05, 0.1) is 9.92 Å². The predicted octanol–water partition coefficient (Wildman–Crippen LogP) is 5.53. The number of rotatable bonds is 1. The van der Waals surface area contributed by atoms with Crippen molar-refractivity contribution in [3.63, 3.8) is 0 Å². The van der Waals surface area contributed by atoms with E-state index in [1.54, 1.807) is 0 Å². The first kappa shape index (κ1) is 17.4. The molecule has 1 aliphatic heterocycles. The lowest BCUT2D eigenvalue weighted by Crippen LogP contribution is -2.23. The summed E-state index contributed by atoms with van der Waals surface area (Å²) in [6.45, 7) is 1.44. The summed E-state index contributed by atoms with van der Waals surface area (Å²) in [5.41, 5.74) is -1.11. The van der Waals surface area contributed by atoms with E-state index in [0.29, 0.717) is 4.32 Å². The highest BCUT2D eigenvalue weighted by molar-refractivity contribution is 8.23. The first-order valence-electron chi connectivity index (χ1n) is 5.80. The van der Waals surface area contributed by atoms with Crippen LogP contribution in [0.15, 0.2) is 4.90 Å². The Morgan fingerprint density at radius 1 is 1.14 bits per heavy atom. The molecule has 1 aromatic heterocycles. The molecule has 0 amide bonds. The van der Waals surface area contributed by atoms with Crippen molar-refractivity contribution < 1.29 is 13.2 Å². The summed E-state index contributed by atoms with van der Waals surface area (Å²) in [5, 5.41) is -1.30. The Morgan fingerprint density at radius 3 is 2.24 bits per heavy atom. The van der Waals surface area contributed by atoms with Crippen LogP contribution in [0.25, 0.3) is 0 Å². The molecule has 0 aliphatic carbocycles. The molecule has 0 N–H and O–H groups in total. The molecule has 1 fully saturated rings. The maximum Gasteiger partial charge on any atom is 0.420 e. The minimum atomic E-state index is -4.69. The van der Waals surface area contributed by atoms with E-state index in [4.69, 9.17) is 47.0 Å². The van der Waals surface area contributed by atoms with Crippen molar-refractivity contribution in [1.82, 2.24) is 9.88 Å². The van der Waals surface area contributed by atoms with Gasteiger partial charge in [-0.25, -0.2) is 4.98 Å². The highest BCUT2D eigenvalue weighted by Gasteiger charge is 2.39. The van der Waals surface area contributed by atoms with Gasteiger partial charge < -0.3 is 4.90 Å². The maximum atomic E-state index is 13.2. The van der Waals surface area contributed by atoms with E-state index in [9.17, 15) is 13.2 Å². The molecule has 21 heavy (non-hydrogen) atoms. The fourth-order valence-electron chi connectivity index (χ4n) is 1.88. The van der Waals surface area contributed by atoms with Crippen LogP contribution < -0.4 is 0 Å². The standard InChI is InChI=1S/C11H8Cl3F3N2S2/c12-6-7(21-10(20)19-3-1-2-4-19)5(11(15,16)17)8(13)18-9(6)14/h1-4H2. The molecule has 2 rings (SSSR count). The monoisotopic (exact) mass is 394 g/mol. The minimum Gasteiger partial charge on any atom is -0.357 e. The van der Waals surface area contributed by atoms with Gasteiger partial charge in [-0.05, 0) is 12.8 Å². The Balaban J connectivity index is 2.43. The molecule has 0 spiro atoms. The summed E-state index contributed by atoms with van der Waals surface area (Å²) in [5.74, 6) is 0. The zero-order valence-corrected chi connectivity index (χ0v) is 14.2. The number of pyridine rings is 1. The van der Waals surface area contributed by atoms with E-state index < -0.39 is 16.9 Å². The zero-order valence-electron chi connectivity index (χ0n) is 10.3. The van der Waals surface area contributed by atoms with Gasteiger partial charge in [0.15, 0.2) is 5.15 Å². The van der Waals surface area contributed by atoms with Crippen LogP contribution in [-0.2, 0) is 6.18 Å². The van der Waals surface area contributed by atoms with Gasteiger partial charge in [-0.3, -0.25) is 0 Å². The highest BCUT2D eigenvalue weighted by Crippen LogP contribution is 2.46. The van der Waals surface area contributed by atoms with Gasteiger partial charge in [-0.2, -0.15) is 13.2 Å². The van der Waals surface area contributed by atoms with Crippen LogP contribution in [0.2, 0.25) is 15.3 Å². The van der Waals surface area contributed by atoms with Gasteiger partial charge in [-0.1, -0.05) is 58.8 Å². The molecule has 0 radical (unpaired) electrons. The van der Waals surface area contributed by atoms with Crippen molar-refractivity contribution in [1.29, 1.82) is 0 Å². The molecule has 0 saturated carbocycles. The van der Waals surface area contributed by atoms with Crippen molar-refractivity contribution in [3.05, 3.63) is 20.9 Å². The predicted molar refractivity (Wildman–Crippen MR) is 83.5 cm³/mol. The van der Waals surface area contributed by atoms with Crippen molar-refractivity contribution in [2.45, 2.75) is 23.9 Å². The Morgan fingerprint density at radius 2 is 1.71 bits per heavy atom. The van der Waals surface area contributed by atoms with Crippen LogP contribution in [0, 0.1) is 0 Å². The highest BCUT2D eigenvalue weighted by atomic mass is 35.5. The van der Waals surface area contributed by atoms with Gasteiger partial charge in [0, 0.05) is 13.1 Å². The van der Waals surface area contributed by atoms with Gasteiger partial charge in [0.2, 0.25) is 0 Å². The van der Waals surface area contributed by atoms with Gasteiger partial charge in [0.25, 0.3) is 0 Å². The Kier molecular flexibility index (Phi) is 5.52. The lowest BCUT2D eigenvalue weighted by atomic mass is 10.3. The summed E-state index contributed by atoms with van der Waals surface area (Å²) in [4.78, 5) is 4.95. The van der Waals surface area contributed by atoms with Crippen LogP contribution in [0.1, 0.15) is 18.4 Å². The Labute approximate surface area is 143 Å². The largest absolute Gasteiger partial charge is 0.420 e. The van der Waals surface area contributed by atoms with Crippen LogP contribution in [-0.4, -0.2) is 27.3 Å². The third-order valence-corrected chi connectivity index (χ3v) is 5.52. The molecular weight excluding hydrogens is 388 g/mol. The molecule has 0 aromatic carbocycles. The number of hydrogen-bond donors (Lipinski definition) is 0. The number of thioether (sulfide) groups is 1. The van der Waals surface area contributed by atoms with E-state index in [-0.39, 0.29) is 15.1 Å². The number of halogens is 6. The summed E-state index contributed by atoms with van der Waals surface area (Å²) in [7, 11) is 0. The Hall–Kier alpha value is 0.0500. The smallest absolute Gasteiger partial charge is 0.357 e. The molecule has 1 aliphatic rings. The first-order valence-corrected chi connectivity index (χ1v) is 8.16. The van der Waals surface area contributed by atoms with E-state index in [1.165, 1.54) is 0 Å². The van der Waals surface area contributed by atoms with Crippen LogP contribution >= 0.6 is 58.8 Å². The normalized spacial score (nSPS) is 15.6. The number of nitrogens with zero attached hydrogens (tertiary/aromatic N) is 2. The van der Waals surface area contributed by atoms with Crippen LogP contribution in [0.4, 0.5) is 13.2 Å². The topological polar surface area (TPSA) is 16.1 Å². The quantitative estimate of drug-likeness (QED) is 0.353.